The Hall–Kier alpha value is 1.54. The smallest absolute Gasteiger partial charge is 0.822 e. The molecular formula is C10H14Mg3O9P2. The van der Waals surface area contributed by atoms with Gasteiger partial charge in [0.15, 0.2) is 0 Å². The molecule has 0 aliphatic rings. The second-order valence-corrected chi connectivity index (χ2v) is 6.48. The Bertz CT molecular complexity index is 471. The zero-order valence-electron chi connectivity index (χ0n) is 13.5. The number of hydrogen-bond acceptors (Lipinski definition) is 9. The van der Waals surface area contributed by atoms with E-state index < -0.39 is 15.6 Å². The van der Waals surface area contributed by atoms with Gasteiger partial charge in [0.05, 0.1) is 0 Å². The Balaban J connectivity index is -0.0000000803. The van der Waals surface area contributed by atoms with Crippen LogP contribution in [0.4, 0.5) is 0 Å². The van der Waals surface area contributed by atoms with Crippen LogP contribution >= 0.6 is 15.6 Å². The van der Waals surface area contributed by atoms with Gasteiger partial charge in [0.1, 0.15) is 5.75 Å². The molecule has 0 fully saturated rings. The molecule has 0 aliphatic carbocycles. The predicted molar refractivity (Wildman–Crippen MR) is 79.3 cm³/mol. The van der Waals surface area contributed by atoms with Crippen LogP contribution < -0.4 is 29.4 Å². The zero-order valence-corrected chi connectivity index (χ0v) is 19.6. The van der Waals surface area contributed by atoms with E-state index in [1.165, 1.54) is 5.56 Å². The molecule has 1 aromatic carbocycles. The SMILES string of the molecule is CC(C)(C)c1ccc(O)cc1.O=P([O-])([O-])[O-].O=P([O-])([O-])[O-].[Mg+2].[Mg+2].[Mg+2]. The van der Waals surface area contributed by atoms with Gasteiger partial charge in [-0.25, -0.2) is 0 Å². The van der Waals surface area contributed by atoms with Crippen molar-refractivity contribution in [1.82, 2.24) is 0 Å². The monoisotopic (exact) mass is 412 g/mol. The summed E-state index contributed by atoms with van der Waals surface area (Å²) in [6.07, 6.45) is 0. The summed E-state index contributed by atoms with van der Waals surface area (Å²) in [5, 5.41) is 9.02. The van der Waals surface area contributed by atoms with Crippen molar-refractivity contribution in [1.29, 1.82) is 0 Å². The maximum atomic E-state index is 9.02. The maximum absolute atomic E-state index is 9.02. The summed E-state index contributed by atoms with van der Waals surface area (Å²) in [7, 11) is -10.8. The van der Waals surface area contributed by atoms with E-state index in [0.717, 1.165) is 0 Å². The quantitative estimate of drug-likeness (QED) is 0.325. The molecule has 1 aromatic rings. The molecule has 0 spiro atoms. The third-order valence-electron chi connectivity index (χ3n) is 1.73. The third kappa shape index (κ3) is 38.9. The van der Waals surface area contributed by atoms with Gasteiger partial charge in [-0.1, -0.05) is 32.9 Å². The molecule has 0 amide bonds. The molecule has 0 saturated carbocycles. The average Bonchev–Trinajstić information content (AvgIpc) is 2.10. The van der Waals surface area contributed by atoms with E-state index in [9.17, 15) is 0 Å². The zero-order chi connectivity index (χ0) is 17.5. The van der Waals surface area contributed by atoms with Crippen LogP contribution in [0, 0.1) is 0 Å². The average molecular weight is 413 g/mol. The molecule has 1 N–H and O–H groups in total. The van der Waals surface area contributed by atoms with Crippen LogP contribution in [0.2, 0.25) is 0 Å². The number of phosphoric acid groups is 2. The van der Waals surface area contributed by atoms with Gasteiger partial charge in [-0.15, -0.1) is 0 Å². The first-order valence-electron chi connectivity index (χ1n) is 5.26. The number of phenolic OH excluding ortho intramolecular Hbond substituents is 1. The standard InChI is InChI=1S/C10H14O.3Mg.2H3O4P/c1-10(2,3)8-4-6-9(11)7-5-8;;;;2*1-5(2,3)4/h4-7,11H,1-3H3;;;;2*(H3,1,2,3,4)/q;3*+2;;/p-6. The number of aromatic hydroxyl groups is 1. The van der Waals surface area contributed by atoms with Crippen molar-refractivity contribution in [2.24, 2.45) is 0 Å². The Morgan fingerprint density at radius 2 is 0.958 bits per heavy atom. The summed E-state index contributed by atoms with van der Waals surface area (Å²) >= 11 is 0. The topological polar surface area (TPSA) is 193 Å². The molecule has 14 heteroatoms. The summed E-state index contributed by atoms with van der Waals surface area (Å²) in [6, 6.07) is 7.35. The van der Waals surface area contributed by atoms with E-state index in [-0.39, 0.29) is 74.6 Å². The third-order valence-corrected chi connectivity index (χ3v) is 1.73. The first-order chi connectivity index (χ1) is 9.00. The minimum atomic E-state index is -5.39. The molecule has 0 radical (unpaired) electrons. The summed E-state index contributed by atoms with van der Waals surface area (Å²) in [4.78, 5) is 51.3. The Labute approximate surface area is 188 Å². The van der Waals surface area contributed by atoms with E-state index in [4.69, 9.17) is 43.6 Å². The van der Waals surface area contributed by atoms with E-state index in [0.29, 0.717) is 5.75 Å². The van der Waals surface area contributed by atoms with Crippen LogP contribution in [0.5, 0.6) is 5.75 Å². The second kappa shape index (κ2) is 15.6. The van der Waals surface area contributed by atoms with Crippen LogP contribution in [0.15, 0.2) is 24.3 Å². The van der Waals surface area contributed by atoms with E-state index in [1.807, 2.05) is 12.1 Å². The molecule has 0 aromatic heterocycles. The molecule has 24 heavy (non-hydrogen) atoms. The van der Waals surface area contributed by atoms with E-state index >= 15 is 0 Å². The largest absolute Gasteiger partial charge is 2.00 e. The predicted octanol–water partition coefficient (Wildman–Crippen LogP) is -4.10. The Morgan fingerprint density at radius 3 is 1.12 bits per heavy atom. The summed E-state index contributed by atoms with van der Waals surface area (Å²) in [5.74, 6) is 0.331. The number of phenols is 1. The van der Waals surface area contributed by atoms with Gasteiger partial charge in [0.25, 0.3) is 0 Å². The first-order valence-corrected chi connectivity index (χ1v) is 8.18. The number of rotatable bonds is 0. The Morgan fingerprint density at radius 1 is 0.750 bits per heavy atom. The van der Waals surface area contributed by atoms with Crippen LogP contribution in [0.25, 0.3) is 0 Å². The molecule has 0 unspecified atom stereocenters. The summed E-state index contributed by atoms with van der Waals surface area (Å²) in [6.45, 7) is 6.46. The van der Waals surface area contributed by atoms with Gasteiger partial charge >= 0.3 is 69.2 Å². The summed E-state index contributed by atoms with van der Waals surface area (Å²) < 4.78 is 17.1. The van der Waals surface area contributed by atoms with Gasteiger partial charge in [-0.3, -0.25) is 0 Å². The van der Waals surface area contributed by atoms with Crippen molar-refractivity contribution in [3.8, 4) is 5.75 Å². The second-order valence-electron chi connectivity index (χ2n) is 4.69. The van der Waals surface area contributed by atoms with Gasteiger partial charge in [0.2, 0.25) is 0 Å². The molecule has 0 bridgehead atoms. The van der Waals surface area contributed by atoms with Crippen LogP contribution in [-0.2, 0) is 14.5 Å². The Kier molecular flexibility index (Phi) is 23.7. The molecule has 1 rings (SSSR count). The van der Waals surface area contributed by atoms with Gasteiger partial charge in [-0.05, 0) is 23.1 Å². The fourth-order valence-corrected chi connectivity index (χ4v) is 0.961. The molecule has 0 atom stereocenters. The molecule has 124 valence electrons. The number of benzene rings is 1. The number of hydrogen-bond donors (Lipinski definition) is 1. The van der Waals surface area contributed by atoms with Gasteiger partial charge in [-0.2, -0.15) is 15.6 Å². The van der Waals surface area contributed by atoms with E-state index in [2.05, 4.69) is 20.8 Å². The van der Waals surface area contributed by atoms with Crippen LogP contribution in [0.3, 0.4) is 0 Å². The molecule has 0 heterocycles. The molecular weight excluding hydrogens is 399 g/mol. The maximum Gasteiger partial charge on any atom is 2.00 e. The van der Waals surface area contributed by atoms with Crippen molar-refractivity contribution >= 4 is 84.8 Å². The van der Waals surface area contributed by atoms with Crippen molar-refractivity contribution in [3.05, 3.63) is 29.8 Å². The van der Waals surface area contributed by atoms with Gasteiger partial charge in [0, 0.05) is 0 Å². The first kappa shape index (κ1) is 36.5. The van der Waals surface area contributed by atoms with Crippen molar-refractivity contribution in [2.45, 2.75) is 26.2 Å². The van der Waals surface area contributed by atoms with E-state index in [1.54, 1.807) is 12.1 Å². The summed E-state index contributed by atoms with van der Waals surface area (Å²) in [5.41, 5.74) is 1.42. The molecule has 0 aliphatic heterocycles. The van der Waals surface area contributed by atoms with Crippen molar-refractivity contribution in [2.75, 3.05) is 0 Å². The normalized spacial score (nSPS) is 10.2. The van der Waals surface area contributed by atoms with Crippen LogP contribution in [-0.4, -0.2) is 74.3 Å². The minimum absolute atomic E-state index is 0. The van der Waals surface area contributed by atoms with Crippen molar-refractivity contribution < 1.29 is 43.6 Å². The molecule has 9 nitrogen and oxygen atoms in total. The fourth-order valence-electron chi connectivity index (χ4n) is 0.961. The fraction of sp³-hybridized carbons (Fsp3) is 0.400. The van der Waals surface area contributed by atoms with Crippen LogP contribution in [0.1, 0.15) is 26.3 Å². The molecule has 0 saturated heterocycles. The minimum Gasteiger partial charge on any atom is -0.822 e. The van der Waals surface area contributed by atoms with Gasteiger partial charge < -0.3 is 43.6 Å². The van der Waals surface area contributed by atoms with Crippen molar-refractivity contribution in [3.63, 3.8) is 0 Å².